The van der Waals surface area contributed by atoms with Crippen LogP contribution in [-0.4, -0.2) is 36.5 Å². The van der Waals surface area contributed by atoms with E-state index >= 15 is 0 Å². The Hall–Kier alpha value is -2.30. The van der Waals surface area contributed by atoms with Crippen LogP contribution in [0, 0.1) is 0 Å². The van der Waals surface area contributed by atoms with Gasteiger partial charge in [-0.05, 0) is 35.3 Å². The number of benzene rings is 2. The van der Waals surface area contributed by atoms with Gasteiger partial charge in [0.1, 0.15) is 0 Å². The molecule has 6 heteroatoms. The van der Waals surface area contributed by atoms with Gasteiger partial charge in [-0.2, -0.15) is 0 Å². The van der Waals surface area contributed by atoms with Gasteiger partial charge in [-0.1, -0.05) is 65.7 Å². The molecule has 0 saturated heterocycles. The Morgan fingerprint density at radius 1 is 1.04 bits per heavy atom. The van der Waals surface area contributed by atoms with Crippen molar-refractivity contribution in [2.75, 3.05) is 19.7 Å². The van der Waals surface area contributed by atoms with Crippen LogP contribution < -0.4 is 0 Å². The first-order chi connectivity index (χ1) is 13.0. The van der Waals surface area contributed by atoms with Crippen molar-refractivity contribution in [2.24, 2.45) is 0 Å². The van der Waals surface area contributed by atoms with E-state index in [0.29, 0.717) is 28.7 Å². The van der Waals surface area contributed by atoms with Gasteiger partial charge in [-0.3, -0.25) is 9.59 Å². The minimum Gasteiger partial charge on any atom is -0.455 e. The summed E-state index contributed by atoms with van der Waals surface area (Å²) in [7, 11) is 0. The number of esters is 1. The molecular formula is C21H19Cl2NO3. The molecule has 0 radical (unpaired) electrons. The number of hydrogen-bond acceptors (Lipinski definition) is 3. The third-order valence-corrected chi connectivity index (χ3v) is 5.13. The van der Waals surface area contributed by atoms with E-state index in [-0.39, 0.29) is 18.9 Å². The molecular weight excluding hydrogens is 385 g/mol. The number of nitrogens with zero attached hydrogens (tertiary/aromatic N) is 1. The van der Waals surface area contributed by atoms with E-state index in [1.54, 1.807) is 23.1 Å². The molecule has 0 fully saturated rings. The lowest BCUT2D eigenvalue weighted by Gasteiger charge is -2.26. The van der Waals surface area contributed by atoms with Gasteiger partial charge in [-0.25, -0.2) is 0 Å². The summed E-state index contributed by atoms with van der Waals surface area (Å²) in [5.74, 6) is -0.667. The van der Waals surface area contributed by atoms with Gasteiger partial charge in [0.05, 0.1) is 16.5 Å². The first-order valence-electron chi connectivity index (χ1n) is 8.64. The van der Waals surface area contributed by atoms with Crippen LogP contribution in [-0.2, 0) is 20.7 Å². The van der Waals surface area contributed by atoms with Crippen molar-refractivity contribution in [3.05, 3.63) is 75.8 Å². The molecule has 2 aromatic rings. The average molecular weight is 404 g/mol. The Balaban J connectivity index is 1.47. The highest BCUT2D eigenvalue weighted by Crippen LogP contribution is 2.23. The van der Waals surface area contributed by atoms with Gasteiger partial charge in [0.15, 0.2) is 6.61 Å². The molecule has 0 saturated carbocycles. The summed E-state index contributed by atoms with van der Waals surface area (Å²) in [5, 5.41) is 0.810. The van der Waals surface area contributed by atoms with Gasteiger partial charge < -0.3 is 9.64 Å². The van der Waals surface area contributed by atoms with Gasteiger partial charge in [0.25, 0.3) is 5.91 Å². The summed E-state index contributed by atoms with van der Waals surface area (Å²) in [6.45, 7) is 0.881. The highest BCUT2D eigenvalue weighted by Gasteiger charge is 2.19. The fourth-order valence-electron chi connectivity index (χ4n) is 2.91. The lowest BCUT2D eigenvalue weighted by atomic mass is 10.00. The first-order valence-corrected chi connectivity index (χ1v) is 9.40. The number of halogens is 2. The second kappa shape index (κ2) is 9.07. The van der Waals surface area contributed by atoms with Crippen LogP contribution >= 0.6 is 23.2 Å². The average Bonchev–Trinajstić information content (AvgIpc) is 2.70. The predicted octanol–water partition coefficient (Wildman–Crippen LogP) is 4.40. The molecule has 2 aromatic carbocycles. The molecule has 140 valence electrons. The lowest BCUT2D eigenvalue weighted by Crippen LogP contribution is -2.37. The standard InChI is InChI=1S/C21H19Cl2NO3/c22-18-7-6-15(12-19(18)23)13-21(26)27-14-20(25)24-10-8-17(9-11-24)16-4-2-1-3-5-16/h1-8,12H,9-11,13-14H2. The van der Waals surface area contributed by atoms with Crippen molar-refractivity contribution in [2.45, 2.75) is 12.8 Å². The third-order valence-electron chi connectivity index (χ3n) is 4.40. The summed E-state index contributed by atoms with van der Waals surface area (Å²) in [6.07, 6.45) is 2.88. The van der Waals surface area contributed by atoms with Crippen LogP contribution in [0.25, 0.3) is 5.57 Å². The van der Waals surface area contributed by atoms with Crippen LogP contribution in [0.2, 0.25) is 10.0 Å². The molecule has 1 heterocycles. The molecule has 0 spiro atoms. The van der Waals surface area contributed by atoms with Crippen LogP contribution in [0.4, 0.5) is 0 Å². The number of ether oxygens (including phenoxy) is 1. The van der Waals surface area contributed by atoms with E-state index in [4.69, 9.17) is 27.9 Å². The highest BCUT2D eigenvalue weighted by atomic mass is 35.5. The normalized spacial score (nSPS) is 13.9. The third kappa shape index (κ3) is 5.34. The molecule has 1 amide bonds. The summed E-state index contributed by atoms with van der Waals surface area (Å²) in [6, 6.07) is 15.1. The van der Waals surface area contributed by atoms with Gasteiger partial charge in [0, 0.05) is 13.1 Å². The molecule has 0 bridgehead atoms. The minimum absolute atomic E-state index is 0.0439. The van der Waals surface area contributed by atoms with E-state index < -0.39 is 5.97 Å². The SMILES string of the molecule is O=C(Cc1ccc(Cl)c(Cl)c1)OCC(=O)N1CC=C(c2ccccc2)CC1. The number of amides is 1. The zero-order chi connectivity index (χ0) is 19.2. The van der Waals surface area contributed by atoms with E-state index in [9.17, 15) is 9.59 Å². The van der Waals surface area contributed by atoms with Crippen LogP contribution in [0.1, 0.15) is 17.5 Å². The molecule has 1 aliphatic heterocycles. The quantitative estimate of drug-likeness (QED) is 0.695. The zero-order valence-electron chi connectivity index (χ0n) is 14.7. The van der Waals surface area contributed by atoms with E-state index in [1.807, 2.05) is 24.3 Å². The maximum absolute atomic E-state index is 12.3. The number of rotatable bonds is 5. The summed E-state index contributed by atoms with van der Waals surface area (Å²) in [5.41, 5.74) is 3.10. The summed E-state index contributed by atoms with van der Waals surface area (Å²) < 4.78 is 5.12. The van der Waals surface area contributed by atoms with Crippen LogP contribution in [0.3, 0.4) is 0 Å². The molecule has 27 heavy (non-hydrogen) atoms. The second-order valence-corrected chi connectivity index (χ2v) is 7.09. The van der Waals surface area contributed by atoms with Crippen molar-refractivity contribution in [3.63, 3.8) is 0 Å². The number of carbonyl (C=O) groups is 2. The fourth-order valence-corrected chi connectivity index (χ4v) is 3.23. The van der Waals surface area contributed by atoms with Crippen molar-refractivity contribution < 1.29 is 14.3 Å². The molecule has 4 nitrogen and oxygen atoms in total. The molecule has 1 aliphatic rings. The highest BCUT2D eigenvalue weighted by molar-refractivity contribution is 6.42. The fraction of sp³-hybridized carbons (Fsp3) is 0.238. The molecule has 0 N–H and O–H groups in total. The van der Waals surface area contributed by atoms with Gasteiger partial charge >= 0.3 is 5.97 Å². The van der Waals surface area contributed by atoms with E-state index in [0.717, 1.165) is 6.42 Å². The Labute approximate surface area is 168 Å². The predicted molar refractivity (Wildman–Crippen MR) is 107 cm³/mol. The van der Waals surface area contributed by atoms with E-state index in [1.165, 1.54) is 11.1 Å². The molecule has 0 aliphatic carbocycles. The minimum atomic E-state index is -0.473. The Morgan fingerprint density at radius 2 is 1.81 bits per heavy atom. The lowest BCUT2D eigenvalue weighted by molar-refractivity contribution is -0.151. The molecule has 0 atom stereocenters. The largest absolute Gasteiger partial charge is 0.455 e. The summed E-state index contributed by atoms with van der Waals surface area (Å²) >= 11 is 11.8. The Morgan fingerprint density at radius 3 is 2.48 bits per heavy atom. The van der Waals surface area contributed by atoms with Crippen LogP contribution in [0.15, 0.2) is 54.6 Å². The maximum atomic E-state index is 12.3. The molecule has 0 aromatic heterocycles. The number of hydrogen-bond donors (Lipinski definition) is 0. The van der Waals surface area contributed by atoms with Crippen molar-refractivity contribution in [1.29, 1.82) is 0 Å². The smallest absolute Gasteiger partial charge is 0.310 e. The molecule has 0 unspecified atom stereocenters. The van der Waals surface area contributed by atoms with Crippen molar-refractivity contribution in [1.82, 2.24) is 4.90 Å². The summed E-state index contributed by atoms with van der Waals surface area (Å²) in [4.78, 5) is 25.9. The number of carbonyl (C=O) groups excluding carboxylic acids is 2. The van der Waals surface area contributed by atoms with Crippen molar-refractivity contribution >= 4 is 40.7 Å². The second-order valence-electron chi connectivity index (χ2n) is 6.27. The molecule has 3 rings (SSSR count). The van der Waals surface area contributed by atoms with Gasteiger partial charge in [-0.15, -0.1) is 0 Å². The first kappa shape index (κ1) is 19.5. The maximum Gasteiger partial charge on any atom is 0.310 e. The van der Waals surface area contributed by atoms with E-state index in [2.05, 4.69) is 12.1 Å². The zero-order valence-corrected chi connectivity index (χ0v) is 16.2. The Bertz CT molecular complexity index is 865. The Kier molecular flexibility index (Phi) is 6.54. The van der Waals surface area contributed by atoms with Gasteiger partial charge in [0.2, 0.25) is 0 Å². The van der Waals surface area contributed by atoms with Crippen LogP contribution in [0.5, 0.6) is 0 Å². The van der Waals surface area contributed by atoms with Crippen molar-refractivity contribution in [3.8, 4) is 0 Å². The topological polar surface area (TPSA) is 46.6 Å². The monoisotopic (exact) mass is 403 g/mol.